The van der Waals surface area contributed by atoms with Gasteiger partial charge < -0.3 is 10.6 Å². The van der Waals surface area contributed by atoms with Crippen LogP contribution in [0.25, 0.3) is 0 Å². The Balaban J connectivity index is 2.16. The Morgan fingerprint density at radius 2 is 2.33 bits per heavy atom. The van der Waals surface area contributed by atoms with Gasteiger partial charge in [-0.2, -0.15) is 0 Å². The fraction of sp³-hybridized carbons (Fsp3) is 0.455. The molecule has 1 saturated carbocycles. The molecule has 0 bridgehead atoms. The number of carbonyl (C=O) groups excluding carboxylic acids is 1. The summed E-state index contributed by atoms with van der Waals surface area (Å²) in [6, 6.07) is 3.81. The molecule has 0 saturated heterocycles. The highest BCUT2D eigenvalue weighted by Crippen LogP contribution is 2.25. The van der Waals surface area contributed by atoms with Gasteiger partial charge in [0, 0.05) is 19.3 Å². The van der Waals surface area contributed by atoms with Crippen molar-refractivity contribution >= 4 is 11.6 Å². The van der Waals surface area contributed by atoms with E-state index in [1.54, 1.807) is 23.2 Å². The van der Waals surface area contributed by atoms with Crippen molar-refractivity contribution in [1.29, 1.82) is 0 Å². The Morgan fingerprint density at radius 1 is 1.60 bits per heavy atom. The first-order valence-electron chi connectivity index (χ1n) is 5.18. The van der Waals surface area contributed by atoms with Gasteiger partial charge in [-0.25, -0.2) is 4.98 Å². The molecule has 1 fully saturated rings. The fourth-order valence-electron chi connectivity index (χ4n) is 1.70. The minimum absolute atomic E-state index is 0.0715. The number of anilines is 1. The van der Waals surface area contributed by atoms with Gasteiger partial charge in [0.25, 0.3) is 5.91 Å². The predicted molar refractivity (Wildman–Crippen MR) is 58.4 cm³/mol. The van der Waals surface area contributed by atoms with Crippen LogP contribution in [-0.2, 0) is 0 Å². The predicted octanol–water partition coefficient (Wildman–Crippen LogP) is 1.29. The zero-order valence-electron chi connectivity index (χ0n) is 8.81. The molecule has 0 aromatic carbocycles. The van der Waals surface area contributed by atoms with Crippen LogP contribution < -0.4 is 5.73 Å². The third-order valence-electron chi connectivity index (χ3n) is 2.98. The molecule has 1 aliphatic rings. The molecule has 15 heavy (non-hydrogen) atoms. The monoisotopic (exact) mass is 205 g/mol. The lowest BCUT2D eigenvalue weighted by atomic mass is 9.91. The molecule has 4 nitrogen and oxygen atoms in total. The first-order valence-corrected chi connectivity index (χ1v) is 5.18. The van der Waals surface area contributed by atoms with E-state index in [4.69, 9.17) is 5.73 Å². The zero-order valence-corrected chi connectivity index (χ0v) is 8.81. The van der Waals surface area contributed by atoms with E-state index in [0.29, 0.717) is 17.4 Å². The minimum Gasteiger partial charge on any atom is -0.397 e. The molecular formula is C11H15N3O. The van der Waals surface area contributed by atoms with Gasteiger partial charge in [-0.3, -0.25) is 4.79 Å². The summed E-state index contributed by atoms with van der Waals surface area (Å²) in [4.78, 5) is 17.8. The lowest BCUT2D eigenvalue weighted by Gasteiger charge is -2.34. The van der Waals surface area contributed by atoms with Crippen molar-refractivity contribution < 1.29 is 4.79 Å². The molecule has 1 amide bonds. The molecule has 0 aliphatic heterocycles. The third kappa shape index (κ3) is 1.79. The van der Waals surface area contributed by atoms with Gasteiger partial charge >= 0.3 is 0 Å². The van der Waals surface area contributed by atoms with Gasteiger partial charge in [0.05, 0.1) is 5.69 Å². The second-order valence-corrected chi connectivity index (χ2v) is 3.94. The van der Waals surface area contributed by atoms with Crippen molar-refractivity contribution in [1.82, 2.24) is 9.88 Å². The second-order valence-electron chi connectivity index (χ2n) is 3.94. The van der Waals surface area contributed by atoms with E-state index >= 15 is 0 Å². The largest absolute Gasteiger partial charge is 0.397 e. The van der Waals surface area contributed by atoms with E-state index in [2.05, 4.69) is 4.98 Å². The minimum atomic E-state index is -0.0715. The van der Waals surface area contributed by atoms with E-state index in [1.807, 2.05) is 7.05 Å². The molecule has 1 heterocycles. The van der Waals surface area contributed by atoms with Gasteiger partial charge in [0.15, 0.2) is 5.69 Å². The maximum atomic E-state index is 12.0. The summed E-state index contributed by atoms with van der Waals surface area (Å²) in [5.74, 6) is -0.0715. The SMILES string of the molecule is CN(C(=O)c1ncccc1N)C1CCC1. The standard InChI is InChI=1S/C11H15N3O/c1-14(8-4-2-5-8)11(15)10-9(12)6-3-7-13-10/h3,6-8H,2,4-5,12H2,1H3. The second kappa shape index (κ2) is 3.88. The first kappa shape index (κ1) is 9.96. The van der Waals surface area contributed by atoms with Crippen LogP contribution in [-0.4, -0.2) is 28.9 Å². The fourth-order valence-corrected chi connectivity index (χ4v) is 1.70. The van der Waals surface area contributed by atoms with Gasteiger partial charge in [0.1, 0.15) is 0 Å². The van der Waals surface area contributed by atoms with Crippen LogP contribution in [0.3, 0.4) is 0 Å². The van der Waals surface area contributed by atoms with Gasteiger partial charge in [0.2, 0.25) is 0 Å². The first-order chi connectivity index (χ1) is 7.20. The number of nitrogens with two attached hydrogens (primary N) is 1. The van der Waals surface area contributed by atoms with E-state index in [9.17, 15) is 4.79 Å². The average Bonchev–Trinajstić information content (AvgIpc) is 2.15. The molecule has 2 N–H and O–H groups in total. The molecule has 0 atom stereocenters. The molecule has 80 valence electrons. The number of pyridine rings is 1. The molecule has 1 aliphatic carbocycles. The van der Waals surface area contributed by atoms with E-state index < -0.39 is 0 Å². The summed E-state index contributed by atoms with van der Waals surface area (Å²) in [5.41, 5.74) is 6.53. The number of carbonyl (C=O) groups is 1. The smallest absolute Gasteiger partial charge is 0.274 e. The Morgan fingerprint density at radius 3 is 2.87 bits per heavy atom. The average molecular weight is 205 g/mol. The van der Waals surface area contributed by atoms with Gasteiger partial charge in [-0.1, -0.05) is 0 Å². The van der Waals surface area contributed by atoms with E-state index in [0.717, 1.165) is 12.8 Å². The number of nitrogen functional groups attached to an aromatic ring is 1. The Hall–Kier alpha value is -1.58. The normalized spacial score (nSPS) is 15.8. The Labute approximate surface area is 89.1 Å². The summed E-state index contributed by atoms with van der Waals surface area (Å²) in [6.45, 7) is 0. The number of aromatic nitrogens is 1. The highest BCUT2D eigenvalue weighted by Gasteiger charge is 2.27. The van der Waals surface area contributed by atoms with Crippen LogP contribution >= 0.6 is 0 Å². The number of hydrogen-bond acceptors (Lipinski definition) is 3. The molecule has 4 heteroatoms. The van der Waals surface area contributed by atoms with Gasteiger partial charge in [-0.15, -0.1) is 0 Å². The Kier molecular flexibility index (Phi) is 2.58. The van der Waals surface area contributed by atoms with Crippen LogP contribution in [0.2, 0.25) is 0 Å². The maximum Gasteiger partial charge on any atom is 0.274 e. The van der Waals surface area contributed by atoms with Crippen molar-refractivity contribution in [2.24, 2.45) is 0 Å². The van der Waals surface area contributed by atoms with Crippen LogP contribution in [0.15, 0.2) is 18.3 Å². The molecule has 2 rings (SSSR count). The number of nitrogens with zero attached hydrogens (tertiary/aromatic N) is 2. The lowest BCUT2D eigenvalue weighted by Crippen LogP contribution is -2.41. The van der Waals surface area contributed by atoms with Crippen molar-refractivity contribution in [3.63, 3.8) is 0 Å². The summed E-state index contributed by atoms with van der Waals surface area (Å²) < 4.78 is 0. The van der Waals surface area contributed by atoms with E-state index in [1.165, 1.54) is 6.42 Å². The highest BCUT2D eigenvalue weighted by atomic mass is 16.2. The zero-order chi connectivity index (χ0) is 10.8. The maximum absolute atomic E-state index is 12.0. The molecule has 1 aromatic heterocycles. The molecule has 0 spiro atoms. The summed E-state index contributed by atoms with van der Waals surface area (Å²) in [6.07, 6.45) is 4.99. The molecule has 0 unspecified atom stereocenters. The molecule has 1 aromatic rings. The molecule has 0 radical (unpaired) electrons. The summed E-state index contributed by atoms with van der Waals surface area (Å²) >= 11 is 0. The Bertz CT molecular complexity index is 374. The molecular weight excluding hydrogens is 190 g/mol. The van der Waals surface area contributed by atoms with Crippen LogP contribution in [0, 0.1) is 0 Å². The number of amides is 1. The summed E-state index contributed by atoms with van der Waals surface area (Å²) in [5, 5.41) is 0. The van der Waals surface area contributed by atoms with Crippen molar-refractivity contribution in [2.45, 2.75) is 25.3 Å². The van der Waals surface area contributed by atoms with Crippen LogP contribution in [0.5, 0.6) is 0 Å². The quantitative estimate of drug-likeness (QED) is 0.791. The lowest BCUT2D eigenvalue weighted by molar-refractivity contribution is 0.0647. The highest BCUT2D eigenvalue weighted by molar-refractivity contribution is 5.97. The van der Waals surface area contributed by atoms with Crippen LogP contribution in [0.1, 0.15) is 29.8 Å². The number of hydrogen-bond donors (Lipinski definition) is 1. The van der Waals surface area contributed by atoms with Gasteiger partial charge in [-0.05, 0) is 31.4 Å². The van der Waals surface area contributed by atoms with Crippen LogP contribution in [0.4, 0.5) is 5.69 Å². The topological polar surface area (TPSA) is 59.2 Å². The van der Waals surface area contributed by atoms with E-state index in [-0.39, 0.29) is 5.91 Å². The third-order valence-corrected chi connectivity index (χ3v) is 2.98. The van der Waals surface area contributed by atoms with Crippen molar-refractivity contribution in [3.05, 3.63) is 24.0 Å². The van der Waals surface area contributed by atoms with Crippen molar-refractivity contribution in [3.8, 4) is 0 Å². The van der Waals surface area contributed by atoms with Crippen molar-refractivity contribution in [2.75, 3.05) is 12.8 Å². The number of rotatable bonds is 2. The summed E-state index contributed by atoms with van der Waals surface area (Å²) in [7, 11) is 1.82.